The Bertz CT molecular complexity index is 661. The normalized spacial score (nSPS) is 16.1. The standard InChI is InChI=1S/C21H32N2O6/c1-27-17-11-14(12-18(28-2)19(17)29-3)20(25)23-16(13-24)21(26)22-15-9-7-5-4-6-8-10-15/h11-12,15-16,24H,4-10,13H2,1-3H3,(H,22,26)(H,23,25). The van der Waals surface area contributed by atoms with E-state index in [1.54, 1.807) is 0 Å². The predicted molar refractivity (Wildman–Crippen MR) is 109 cm³/mol. The van der Waals surface area contributed by atoms with E-state index in [1.165, 1.54) is 52.7 Å². The zero-order valence-electron chi connectivity index (χ0n) is 17.5. The van der Waals surface area contributed by atoms with Gasteiger partial charge in [0.15, 0.2) is 11.5 Å². The van der Waals surface area contributed by atoms with E-state index in [2.05, 4.69) is 10.6 Å². The Kier molecular flexibility index (Phi) is 9.05. The van der Waals surface area contributed by atoms with Gasteiger partial charge >= 0.3 is 0 Å². The summed E-state index contributed by atoms with van der Waals surface area (Å²) in [5.74, 6) is 0.135. The summed E-state index contributed by atoms with van der Waals surface area (Å²) in [6, 6.07) is 2.04. The van der Waals surface area contributed by atoms with E-state index in [9.17, 15) is 14.7 Å². The summed E-state index contributed by atoms with van der Waals surface area (Å²) in [5, 5.41) is 15.2. The number of carbonyl (C=O) groups is 2. The molecule has 1 aromatic carbocycles. The molecule has 1 aliphatic carbocycles. The van der Waals surface area contributed by atoms with Gasteiger partial charge in [-0.05, 0) is 25.0 Å². The lowest BCUT2D eigenvalue weighted by Gasteiger charge is -2.24. The number of carbonyl (C=O) groups excluding carboxylic acids is 2. The molecule has 0 heterocycles. The minimum absolute atomic E-state index is 0.0786. The van der Waals surface area contributed by atoms with Crippen LogP contribution in [0.3, 0.4) is 0 Å². The average molecular weight is 408 g/mol. The number of rotatable bonds is 8. The molecule has 8 nitrogen and oxygen atoms in total. The van der Waals surface area contributed by atoms with Crippen LogP contribution in [-0.2, 0) is 4.79 Å². The molecule has 1 aromatic rings. The maximum atomic E-state index is 12.7. The van der Waals surface area contributed by atoms with Crippen LogP contribution in [0.25, 0.3) is 0 Å². The molecule has 1 fully saturated rings. The van der Waals surface area contributed by atoms with E-state index in [-0.39, 0.29) is 17.5 Å². The Morgan fingerprint density at radius 1 is 1.00 bits per heavy atom. The number of aliphatic hydroxyl groups excluding tert-OH is 1. The van der Waals surface area contributed by atoms with Gasteiger partial charge in [-0.1, -0.05) is 32.1 Å². The van der Waals surface area contributed by atoms with Gasteiger partial charge in [0.2, 0.25) is 11.7 Å². The van der Waals surface area contributed by atoms with Crippen molar-refractivity contribution in [1.82, 2.24) is 10.6 Å². The number of hydrogen-bond acceptors (Lipinski definition) is 6. The molecule has 8 heteroatoms. The second-order valence-electron chi connectivity index (χ2n) is 7.17. The summed E-state index contributed by atoms with van der Waals surface area (Å²) in [7, 11) is 4.39. The Morgan fingerprint density at radius 3 is 2.03 bits per heavy atom. The van der Waals surface area contributed by atoms with Gasteiger partial charge in [0.05, 0.1) is 27.9 Å². The van der Waals surface area contributed by atoms with E-state index >= 15 is 0 Å². The summed E-state index contributed by atoms with van der Waals surface area (Å²) in [6.07, 6.45) is 7.58. The molecule has 29 heavy (non-hydrogen) atoms. The highest BCUT2D eigenvalue weighted by Crippen LogP contribution is 2.38. The van der Waals surface area contributed by atoms with Gasteiger partial charge in [-0.3, -0.25) is 9.59 Å². The Hall–Kier alpha value is -2.48. The lowest BCUT2D eigenvalue weighted by Crippen LogP contribution is -2.51. The first kappa shape index (κ1) is 22.8. The third-order valence-electron chi connectivity index (χ3n) is 5.18. The minimum atomic E-state index is -1.04. The lowest BCUT2D eigenvalue weighted by atomic mass is 9.96. The number of ether oxygens (including phenoxy) is 3. The average Bonchev–Trinajstić information content (AvgIpc) is 2.72. The zero-order valence-corrected chi connectivity index (χ0v) is 17.5. The molecule has 0 aliphatic heterocycles. The number of hydrogen-bond donors (Lipinski definition) is 3. The monoisotopic (exact) mass is 408 g/mol. The van der Waals surface area contributed by atoms with Gasteiger partial charge in [0.25, 0.3) is 5.91 Å². The van der Waals surface area contributed by atoms with E-state index < -0.39 is 18.6 Å². The molecule has 2 rings (SSSR count). The minimum Gasteiger partial charge on any atom is -0.493 e. The fraction of sp³-hybridized carbons (Fsp3) is 0.619. The van der Waals surface area contributed by atoms with Gasteiger partial charge < -0.3 is 30.0 Å². The highest BCUT2D eigenvalue weighted by molar-refractivity contribution is 5.98. The maximum Gasteiger partial charge on any atom is 0.252 e. The molecule has 1 saturated carbocycles. The number of methoxy groups -OCH3 is 3. The number of amides is 2. The molecule has 1 atom stereocenters. The third kappa shape index (κ3) is 6.25. The predicted octanol–water partition coefficient (Wildman–Crippen LogP) is 2.03. The SMILES string of the molecule is COc1cc(C(=O)NC(CO)C(=O)NC2CCCCCCC2)cc(OC)c1OC. The molecule has 0 radical (unpaired) electrons. The van der Waals surface area contributed by atoms with Crippen LogP contribution in [-0.4, -0.2) is 56.9 Å². The Morgan fingerprint density at radius 2 is 1.55 bits per heavy atom. The summed E-state index contributed by atoms with van der Waals surface area (Å²) in [5.41, 5.74) is 0.233. The topological polar surface area (TPSA) is 106 Å². The van der Waals surface area contributed by atoms with Gasteiger partial charge in [-0.2, -0.15) is 0 Å². The van der Waals surface area contributed by atoms with Gasteiger partial charge in [-0.15, -0.1) is 0 Å². The van der Waals surface area contributed by atoms with Crippen LogP contribution in [0.15, 0.2) is 12.1 Å². The highest BCUT2D eigenvalue weighted by atomic mass is 16.5. The molecule has 1 aliphatic rings. The van der Waals surface area contributed by atoms with Crippen molar-refractivity contribution in [2.75, 3.05) is 27.9 Å². The van der Waals surface area contributed by atoms with Crippen molar-refractivity contribution in [3.8, 4) is 17.2 Å². The van der Waals surface area contributed by atoms with E-state index in [0.717, 1.165) is 25.7 Å². The summed E-state index contributed by atoms with van der Waals surface area (Å²) < 4.78 is 15.8. The van der Waals surface area contributed by atoms with Crippen molar-refractivity contribution in [3.05, 3.63) is 17.7 Å². The highest BCUT2D eigenvalue weighted by Gasteiger charge is 2.25. The molecule has 1 unspecified atom stereocenters. The Labute approximate surface area is 171 Å². The van der Waals surface area contributed by atoms with Crippen molar-refractivity contribution in [1.29, 1.82) is 0 Å². The summed E-state index contributed by atoms with van der Waals surface area (Å²) in [6.45, 7) is -0.491. The van der Waals surface area contributed by atoms with Crippen molar-refractivity contribution in [2.45, 2.75) is 57.0 Å². The smallest absolute Gasteiger partial charge is 0.252 e. The van der Waals surface area contributed by atoms with Crippen molar-refractivity contribution >= 4 is 11.8 Å². The van der Waals surface area contributed by atoms with Crippen LogP contribution in [0.2, 0.25) is 0 Å². The molecule has 2 amide bonds. The summed E-state index contributed by atoms with van der Waals surface area (Å²) in [4.78, 5) is 25.3. The van der Waals surface area contributed by atoms with Gasteiger partial charge in [-0.25, -0.2) is 0 Å². The van der Waals surface area contributed by atoms with Crippen molar-refractivity contribution in [2.24, 2.45) is 0 Å². The summed E-state index contributed by atoms with van der Waals surface area (Å²) >= 11 is 0. The first-order valence-corrected chi connectivity index (χ1v) is 10.1. The number of nitrogens with one attached hydrogen (secondary N) is 2. The van der Waals surface area contributed by atoms with E-state index in [0.29, 0.717) is 17.2 Å². The molecule has 162 valence electrons. The lowest BCUT2D eigenvalue weighted by molar-refractivity contribution is -0.124. The van der Waals surface area contributed by atoms with Crippen molar-refractivity contribution in [3.63, 3.8) is 0 Å². The zero-order chi connectivity index (χ0) is 21.2. The van der Waals surface area contributed by atoms with Crippen LogP contribution in [0.5, 0.6) is 17.2 Å². The first-order valence-electron chi connectivity index (χ1n) is 10.1. The molecular formula is C21H32N2O6. The fourth-order valence-electron chi connectivity index (χ4n) is 3.55. The molecular weight excluding hydrogens is 376 g/mol. The van der Waals surface area contributed by atoms with Gasteiger partial charge in [0.1, 0.15) is 6.04 Å². The van der Waals surface area contributed by atoms with E-state index in [4.69, 9.17) is 14.2 Å². The largest absolute Gasteiger partial charge is 0.493 e. The fourth-order valence-corrected chi connectivity index (χ4v) is 3.55. The molecule has 0 saturated heterocycles. The van der Waals surface area contributed by atoms with Crippen LogP contribution >= 0.6 is 0 Å². The quantitative estimate of drug-likeness (QED) is 0.608. The number of aliphatic hydroxyl groups is 1. The molecule has 0 aromatic heterocycles. The molecule has 3 N–H and O–H groups in total. The van der Waals surface area contributed by atoms with Crippen LogP contribution < -0.4 is 24.8 Å². The third-order valence-corrected chi connectivity index (χ3v) is 5.18. The van der Waals surface area contributed by atoms with Gasteiger partial charge in [0, 0.05) is 11.6 Å². The van der Waals surface area contributed by atoms with E-state index in [1.807, 2.05) is 0 Å². The first-order chi connectivity index (χ1) is 14.0. The van der Waals surface area contributed by atoms with Crippen molar-refractivity contribution < 1.29 is 28.9 Å². The second kappa shape index (κ2) is 11.5. The maximum absolute atomic E-state index is 12.7. The van der Waals surface area contributed by atoms with Crippen LogP contribution in [0.4, 0.5) is 0 Å². The van der Waals surface area contributed by atoms with Crippen LogP contribution in [0, 0.1) is 0 Å². The molecule has 0 bridgehead atoms. The molecule has 0 spiro atoms. The number of benzene rings is 1. The second-order valence-corrected chi connectivity index (χ2v) is 7.17. The van der Waals surface area contributed by atoms with Crippen LogP contribution in [0.1, 0.15) is 55.3 Å². The Balaban J connectivity index is 2.07.